The fraction of sp³-hybridized carbons (Fsp3) is 0.250. The third-order valence-electron chi connectivity index (χ3n) is 3.86. The van der Waals surface area contributed by atoms with E-state index in [2.05, 4.69) is 4.72 Å². The van der Waals surface area contributed by atoms with E-state index in [-0.39, 0.29) is 4.90 Å². The zero-order chi connectivity index (χ0) is 18.2. The molecule has 0 aromatic heterocycles. The van der Waals surface area contributed by atoms with E-state index >= 15 is 0 Å². The molecule has 1 heterocycles. The Balaban J connectivity index is 2.00. The lowest BCUT2D eigenvalue weighted by Crippen LogP contribution is -2.35. The molecule has 0 atom stereocenters. The van der Waals surface area contributed by atoms with Crippen molar-refractivity contribution >= 4 is 31.4 Å². The van der Waals surface area contributed by atoms with Gasteiger partial charge in [-0.1, -0.05) is 0 Å². The van der Waals surface area contributed by atoms with Gasteiger partial charge in [-0.05, 0) is 60.9 Å². The van der Waals surface area contributed by atoms with Crippen LogP contribution in [0.25, 0.3) is 0 Å². The topological polar surface area (TPSA) is 83.6 Å². The largest absolute Gasteiger partial charge is 0.284 e. The zero-order valence-electron chi connectivity index (χ0n) is 13.4. The van der Waals surface area contributed by atoms with E-state index in [1.165, 1.54) is 22.5 Å². The molecule has 0 radical (unpaired) electrons. The third kappa shape index (κ3) is 3.77. The summed E-state index contributed by atoms with van der Waals surface area (Å²) in [7, 11) is -7.22. The van der Waals surface area contributed by atoms with Crippen LogP contribution in [0.4, 0.5) is 15.8 Å². The molecule has 0 saturated carbocycles. The molecule has 2 aromatic carbocycles. The van der Waals surface area contributed by atoms with Crippen LogP contribution in [0.1, 0.15) is 12.0 Å². The third-order valence-corrected chi connectivity index (χ3v) is 6.29. The minimum Gasteiger partial charge on any atom is -0.284 e. The van der Waals surface area contributed by atoms with E-state index in [4.69, 9.17) is 0 Å². The van der Waals surface area contributed by atoms with Gasteiger partial charge < -0.3 is 0 Å². The number of fused-ring (bicyclic) bond motifs is 1. The average molecular weight is 384 g/mol. The summed E-state index contributed by atoms with van der Waals surface area (Å²) in [5.74, 6) is -0.505. The van der Waals surface area contributed by atoms with Gasteiger partial charge >= 0.3 is 0 Å². The number of sulfonamides is 2. The maximum absolute atomic E-state index is 13.1. The van der Waals surface area contributed by atoms with E-state index in [9.17, 15) is 21.2 Å². The summed E-state index contributed by atoms with van der Waals surface area (Å²) in [6, 6.07) is 9.44. The van der Waals surface area contributed by atoms with Gasteiger partial charge in [-0.2, -0.15) is 0 Å². The maximum atomic E-state index is 13.1. The first kappa shape index (κ1) is 17.7. The van der Waals surface area contributed by atoms with Crippen LogP contribution in [0.3, 0.4) is 0 Å². The molecule has 0 unspecified atom stereocenters. The molecule has 2 aromatic rings. The highest BCUT2D eigenvalue weighted by Crippen LogP contribution is 2.33. The van der Waals surface area contributed by atoms with Crippen LogP contribution in [0.15, 0.2) is 47.4 Å². The molecule has 3 rings (SSSR count). The molecule has 0 bridgehead atoms. The molecule has 0 amide bonds. The normalized spacial score (nSPS) is 14.9. The molecule has 0 fully saturated rings. The molecule has 9 heteroatoms. The second-order valence-electron chi connectivity index (χ2n) is 5.85. The van der Waals surface area contributed by atoms with Crippen molar-refractivity contribution in [3.8, 4) is 0 Å². The highest BCUT2D eigenvalue weighted by molar-refractivity contribution is 7.93. The van der Waals surface area contributed by atoms with Crippen LogP contribution < -0.4 is 9.03 Å². The smallest absolute Gasteiger partial charge is 0.264 e. The molecule has 1 N–H and O–H groups in total. The van der Waals surface area contributed by atoms with E-state index in [1.807, 2.05) is 0 Å². The molecular weight excluding hydrogens is 367 g/mol. The molecule has 0 saturated heterocycles. The molecule has 1 aliphatic rings. The van der Waals surface area contributed by atoms with Crippen LogP contribution in [0.2, 0.25) is 0 Å². The summed E-state index contributed by atoms with van der Waals surface area (Å²) < 4.78 is 65.2. The monoisotopic (exact) mass is 384 g/mol. The Labute approximate surface area is 146 Å². The number of nitrogens with one attached hydrogen (secondary N) is 1. The summed E-state index contributed by atoms with van der Waals surface area (Å²) in [4.78, 5) is 0.0140. The lowest BCUT2D eigenvalue weighted by molar-refractivity contribution is 0.585. The predicted molar refractivity (Wildman–Crippen MR) is 94.2 cm³/mol. The molecule has 0 spiro atoms. The minimum absolute atomic E-state index is 0.0140. The van der Waals surface area contributed by atoms with Crippen molar-refractivity contribution in [2.45, 2.75) is 17.7 Å². The Kier molecular flexibility index (Phi) is 4.46. The maximum Gasteiger partial charge on any atom is 0.264 e. The lowest BCUT2D eigenvalue weighted by Gasteiger charge is -2.30. The number of benzene rings is 2. The first-order valence-corrected chi connectivity index (χ1v) is 10.9. The first-order valence-electron chi connectivity index (χ1n) is 7.56. The van der Waals surface area contributed by atoms with E-state index in [1.54, 1.807) is 12.1 Å². The van der Waals surface area contributed by atoms with Crippen LogP contribution in [-0.4, -0.2) is 29.6 Å². The summed E-state index contributed by atoms with van der Waals surface area (Å²) in [5.41, 5.74) is 1.64. The molecule has 0 aliphatic carbocycles. The molecule has 6 nitrogen and oxygen atoms in total. The summed E-state index contributed by atoms with van der Waals surface area (Å²) in [5, 5.41) is 0. The Morgan fingerprint density at radius 2 is 1.72 bits per heavy atom. The Hall–Kier alpha value is -2.13. The second kappa shape index (κ2) is 6.30. The highest BCUT2D eigenvalue weighted by Gasteiger charge is 2.29. The van der Waals surface area contributed by atoms with Crippen molar-refractivity contribution in [2.75, 3.05) is 21.8 Å². The van der Waals surface area contributed by atoms with Gasteiger partial charge in [0.15, 0.2) is 0 Å². The van der Waals surface area contributed by atoms with Crippen molar-refractivity contribution < 1.29 is 21.2 Å². The molecular formula is C16H17FN2O4S2. The zero-order valence-corrected chi connectivity index (χ0v) is 15.1. The Morgan fingerprint density at radius 1 is 1.04 bits per heavy atom. The fourth-order valence-electron chi connectivity index (χ4n) is 2.82. The van der Waals surface area contributed by atoms with Gasteiger partial charge in [0.2, 0.25) is 10.0 Å². The number of halogens is 1. The predicted octanol–water partition coefficient (Wildman–Crippen LogP) is 2.34. The van der Waals surface area contributed by atoms with Crippen molar-refractivity contribution in [1.82, 2.24) is 0 Å². The van der Waals surface area contributed by atoms with Gasteiger partial charge in [-0.15, -0.1) is 0 Å². The summed E-state index contributed by atoms with van der Waals surface area (Å²) in [6.45, 7) is 0.311. The summed E-state index contributed by atoms with van der Waals surface area (Å²) in [6.07, 6.45) is 2.30. The van der Waals surface area contributed by atoms with Crippen molar-refractivity contribution in [3.05, 3.63) is 53.8 Å². The lowest BCUT2D eigenvalue weighted by atomic mass is 10.0. The molecule has 25 heavy (non-hydrogen) atoms. The average Bonchev–Trinajstić information content (AvgIpc) is 2.53. The van der Waals surface area contributed by atoms with Crippen molar-refractivity contribution in [1.29, 1.82) is 0 Å². The van der Waals surface area contributed by atoms with E-state index < -0.39 is 25.9 Å². The van der Waals surface area contributed by atoms with Crippen LogP contribution in [-0.2, 0) is 26.5 Å². The Morgan fingerprint density at radius 3 is 2.36 bits per heavy atom. The van der Waals surface area contributed by atoms with E-state index in [0.29, 0.717) is 30.8 Å². The number of hydrogen-bond donors (Lipinski definition) is 1. The van der Waals surface area contributed by atoms with Gasteiger partial charge in [0.25, 0.3) is 10.0 Å². The second-order valence-corrected chi connectivity index (χ2v) is 9.46. The number of hydrogen-bond acceptors (Lipinski definition) is 4. The Bertz CT molecular complexity index is 1000. The van der Waals surface area contributed by atoms with Crippen LogP contribution in [0, 0.1) is 5.82 Å². The fourth-order valence-corrected chi connectivity index (χ4v) is 4.92. The van der Waals surface area contributed by atoms with Crippen molar-refractivity contribution in [3.63, 3.8) is 0 Å². The number of rotatable bonds is 4. The van der Waals surface area contributed by atoms with Gasteiger partial charge in [-0.3, -0.25) is 9.03 Å². The molecule has 134 valence electrons. The van der Waals surface area contributed by atoms with Gasteiger partial charge in [0.1, 0.15) is 5.82 Å². The number of aryl methyl sites for hydroxylation is 1. The van der Waals surface area contributed by atoms with Crippen LogP contribution >= 0.6 is 0 Å². The van der Waals surface area contributed by atoms with Crippen molar-refractivity contribution in [2.24, 2.45) is 0 Å². The van der Waals surface area contributed by atoms with Gasteiger partial charge in [0.05, 0.1) is 16.8 Å². The SMILES string of the molecule is CS(=O)(=O)Nc1ccc2c(c1)CCCN2S(=O)(=O)c1ccc(F)cc1. The number of anilines is 2. The quantitative estimate of drug-likeness (QED) is 0.877. The van der Waals surface area contributed by atoms with Gasteiger partial charge in [-0.25, -0.2) is 21.2 Å². The van der Waals surface area contributed by atoms with Gasteiger partial charge in [0, 0.05) is 12.2 Å². The molecule has 1 aliphatic heterocycles. The first-order chi connectivity index (χ1) is 11.7. The number of nitrogens with zero attached hydrogens (tertiary/aromatic N) is 1. The minimum atomic E-state index is -3.81. The van der Waals surface area contributed by atoms with E-state index in [0.717, 1.165) is 24.0 Å². The standard InChI is InChI=1S/C16H17FN2O4S2/c1-24(20,21)18-14-6-9-16-12(11-14)3-2-10-19(16)25(22,23)15-7-4-13(17)5-8-15/h4-9,11,18H,2-3,10H2,1H3. The van der Waals surface area contributed by atoms with Crippen LogP contribution in [0.5, 0.6) is 0 Å². The summed E-state index contributed by atoms with van der Waals surface area (Å²) >= 11 is 0. The highest BCUT2D eigenvalue weighted by atomic mass is 32.2.